The molecule has 0 aliphatic heterocycles. The van der Waals surface area contributed by atoms with Crippen LogP contribution in [0.5, 0.6) is 0 Å². The lowest BCUT2D eigenvalue weighted by atomic mass is 10.1. The van der Waals surface area contributed by atoms with E-state index in [0.29, 0.717) is 10.2 Å². The van der Waals surface area contributed by atoms with Gasteiger partial charge < -0.3 is 9.73 Å². The maximum atomic E-state index is 12.1. The normalized spacial score (nSPS) is 17.5. The molecule has 1 heterocycles. The fraction of sp³-hybridized carbons (Fsp3) is 0.214. The van der Waals surface area contributed by atoms with E-state index in [1.807, 2.05) is 12.1 Å². The van der Waals surface area contributed by atoms with Crippen LogP contribution in [0.15, 0.2) is 45.7 Å². The number of nitrogens with one attached hydrogen (secondary N) is 1. The predicted molar refractivity (Wildman–Crippen MR) is 71.4 cm³/mol. The molecule has 3 nitrogen and oxygen atoms in total. The Morgan fingerprint density at radius 2 is 2.17 bits per heavy atom. The van der Waals surface area contributed by atoms with Gasteiger partial charge in [0.2, 0.25) is 0 Å². The number of amides is 1. The molecule has 1 amide bonds. The second-order valence-electron chi connectivity index (χ2n) is 4.37. The molecule has 1 aromatic heterocycles. The molecule has 0 saturated carbocycles. The number of aryl methyl sites for hydroxylation is 1. The minimum absolute atomic E-state index is 0.0997. The number of halogens is 1. The fourth-order valence-electron chi connectivity index (χ4n) is 2.40. The van der Waals surface area contributed by atoms with Gasteiger partial charge in [0.1, 0.15) is 0 Å². The zero-order chi connectivity index (χ0) is 12.5. The molecule has 0 radical (unpaired) electrons. The van der Waals surface area contributed by atoms with Gasteiger partial charge in [-0.25, -0.2) is 0 Å². The average Bonchev–Trinajstić information content (AvgIpc) is 2.97. The van der Waals surface area contributed by atoms with Crippen molar-refractivity contribution in [1.82, 2.24) is 5.32 Å². The molecule has 1 unspecified atom stereocenters. The maximum absolute atomic E-state index is 12.1. The zero-order valence-corrected chi connectivity index (χ0v) is 11.2. The summed E-state index contributed by atoms with van der Waals surface area (Å²) in [7, 11) is 0. The van der Waals surface area contributed by atoms with Crippen LogP contribution < -0.4 is 5.32 Å². The Bertz CT molecular complexity index is 591. The van der Waals surface area contributed by atoms with E-state index in [1.54, 1.807) is 6.07 Å². The highest BCUT2D eigenvalue weighted by Crippen LogP contribution is 2.31. The number of hydrogen-bond acceptors (Lipinski definition) is 2. The Balaban J connectivity index is 1.79. The molecule has 1 aliphatic rings. The molecule has 0 saturated heterocycles. The number of carbonyl (C=O) groups is 1. The summed E-state index contributed by atoms with van der Waals surface area (Å²) in [5, 5.41) is 3.05. The third-order valence-corrected chi connectivity index (χ3v) is 3.91. The van der Waals surface area contributed by atoms with Gasteiger partial charge in [0.25, 0.3) is 5.91 Å². The zero-order valence-electron chi connectivity index (χ0n) is 9.65. The Hall–Kier alpha value is -1.55. The van der Waals surface area contributed by atoms with Crippen LogP contribution in [-0.4, -0.2) is 5.91 Å². The van der Waals surface area contributed by atoms with Crippen LogP contribution in [0, 0.1) is 0 Å². The van der Waals surface area contributed by atoms with Crippen molar-refractivity contribution in [1.29, 1.82) is 0 Å². The highest BCUT2D eigenvalue weighted by atomic mass is 79.9. The van der Waals surface area contributed by atoms with Crippen LogP contribution in [0.3, 0.4) is 0 Å². The number of rotatable bonds is 2. The average molecular weight is 306 g/mol. The Morgan fingerprint density at radius 3 is 2.94 bits per heavy atom. The third kappa shape index (κ3) is 1.97. The van der Waals surface area contributed by atoms with Crippen LogP contribution in [0.4, 0.5) is 0 Å². The molecule has 1 N–H and O–H groups in total. The van der Waals surface area contributed by atoms with Gasteiger partial charge in [-0.15, -0.1) is 0 Å². The van der Waals surface area contributed by atoms with Gasteiger partial charge in [-0.2, -0.15) is 0 Å². The molecule has 4 heteroatoms. The Kier molecular flexibility index (Phi) is 2.96. The van der Waals surface area contributed by atoms with E-state index in [0.717, 1.165) is 12.8 Å². The number of fused-ring (bicyclic) bond motifs is 1. The molecule has 18 heavy (non-hydrogen) atoms. The molecular formula is C14H12BrNO2. The molecule has 92 valence electrons. The van der Waals surface area contributed by atoms with E-state index in [4.69, 9.17) is 4.42 Å². The van der Waals surface area contributed by atoms with Crippen molar-refractivity contribution in [3.8, 4) is 0 Å². The van der Waals surface area contributed by atoms with Crippen molar-refractivity contribution < 1.29 is 9.21 Å². The van der Waals surface area contributed by atoms with Gasteiger partial charge in [0.05, 0.1) is 17.9 Å². The molecule has 0 bridgehead atoms. The minimum atomic E-state index is -0.0997. The SMILES string of the molecule is O=C(NC1CCc2ccccc21)c1ccoc1Br. The first kappa shape index (κ1) is 11.5. The van der Waals surface area contributed by atoms with Crippen molar-refractivity contribution in [2.45, 2.75) is 18.9 Å². The molecule has 1 aromatic carbocycles. The Labute approximate surface area is 113 Å². The number of benzene rings is 1. The van der Waals surface area contributed by atoms with Crippen LogP contribution in [0.25, 0.3) is 0 Å². The topological polar surface area (TPSA) is 42.2 Å². The van der Waals surface area contributed by atoms with Crippen LogP contribution in [-0.2, 0) is 6.42 Å². The lowest BCUT2D eigenvalue weighted by Gasteiger charge is -2.13. The third-order valence-electron chi connectivity index (χ3n) is 3.30. The number of hydrogen-bond donors (Lipinski definition) is 1. The molecule has 3 rings (SSSR count). The molecular weight excluding hydrogens is 294 g/mol. The van der Waals surface area contributed by atoms with Crippen molar-refractivity contribution in [2.24, 2.45) is 0 Å². The van der Waals surface area contributed by atoms with Crippen molar-refractivity contribution in [3.63, 3.8) is 0 Å². The van der Waals surface area contributed by atoms with Crippen LogP contribution in [0.2, 0.25) is 0 Å². The van der Waals surface area contributed by atoms with Gasteiger partial charge in [0, 0.05) is 0 Å². The van der Waals surface area contributed by atoms with Gasteiger partial charge in [-0.1, -0.05) is 24.3 Å². The van der Waals surface area contributed by atoms with E-state index in [2.05, 4.69) is 33.4 Å². The number of furan rings is 1. The van der Waals surface area contributed by atoms with Gasteiger partial charge in [0.15, 0.2) is 4.67 Å². The summed E-state index contributed by atoms with van der Waals surface area (Å²) < 4.78 is 5.55. The van der Waals surface area contributed by atoms with E-state index in [-0.39, 0.29) is 11.9 Å². The number of carbonyl (C=O) groups excluding carboxylic acids is 1. The first-order valence-corrected chi connectivity index (χ1v) is 6.66. The standard InChI is InChI=1S/C14H12BrNO2/c15-13-11(7-8-18-13)14(17)16-12-6-5-9-3-1-2-4-10(9)12/h1-4,7-8,12H,5-6H2,(H,16,17). The minimum Gasteiger partial charge on any atom is -0.457 e. The molecule has 2 aromatic rings. The summed E-state index contributed by atoms with van der Waals surface area (Å²) in [6.07, 6.45) is 3.48. The van der Waals surface area contributed by atoms with Crippen molar-refractivity contribution in [2.75, 3.05) is 0 Å². The first-order chi connectivity index (χ1) is 8.75. The lowest BCUT2D eigenvalue weighted by Crippen LogP contribution is -2.26. The van der Waals surface area contributed by atoms with Gasteiger partial charge >= 0.3 is 0 Å². The quantitative estimate of drug-likeness (QED) is 0.923. The van der Waals surface area contributed by atoms with E-state index in [1.165, 1.54) is 17.4 Å². The molecule has 1 aliphatic carbocycles. The van der Waals surface area contributed by atoms with Crippen molar-refractivity contribution >= 4 is 21.8 Å². The Morgan fingerprint density at radius 1 is 1.33 bits per heavy atom. The second-order valence-corrected chi connectivity index (χ2v) is 5.09. The summed E-state index contributed by atoms with van der Waals surface area (Å²) in [5.74, 6) is -0.0997. The fourth-order valence-corrected chi connectivity index (χ4v) is 2.82. The van der Waals surface area contributed by atoms with Crippen molar-refractivity contribution in [3.05, 3.63) is 58.0 Å². The largest absolute Gasteiger partial charge is 0.457 e. The summed E-state index contributed by atoms with van der Waals surface area (Å²) in [6, 6.07) is 10.0. The monoisotopic (exact) mass is 305 g/mol. The molecule has 1 atom stereocenters. The molecule has 0 fully saturated rings. The van der Waals surface area contributed by atoms with E-state index >= 15 is 0 Å². The maximum Gasteiger partial charge on any atom is 0.256 e. The van der Waals surface area contributed by atoms with E-state index < -0.39 is 0 Å². The summed E-state index contributed by atoms with van der Waals surface area (Å²) >= 11 is 3.22. The van der Waals surface area contributed by atoms with E-state index in [9.17, 15) is 4.79 Å². The highest BCUT2D eigenvalue weighted by Gasteiger charge is 2.24. The van der Waals surface area contributed by atoms with Gasteiger partial charge in [-0.3, -0.25) is 4.79 Å². The summed E-state index contributed by atoms with van der Waals surface area (Å²) in [6.45, 7) is 0. The highest BCUT2D eigenvalue weighted by molar-refractivity contribution is 9.10. The van der Waals surface area contributed by atoms with Crippen LogP contribution in [0.1, 0.15) is 33.9 Å². The predicted octanol–water partition coefficient (Wildman–Crippen LogP) is 3.46. The second kappa shape index (κ2) is 4.61. The summed E-state index contributed by atoms with van der Waals surface area (Å²) in [5.41, 5.74) is 3.10. The smallest absolute Gasteiger partial charge is 0.256 e. The lowest BCUT2D eigenvalue weighted by molar-refractivity contribution is 0.0935. The van der Waals surface area contributed by atoms with Gasteiger partial charge in [-0.05, 0) is 46.0 Å². The van der Waals surface area contributed by atoms with Crippen LogP contribution >= 0.6 is 15.9 Å². The summed E-state index contributed by atoms with van der Waals surface area (Å²) in [4.78, 5) is 12.1. The molecule has 0 spiro atoms. The first-order valence-electron chi connectivity index (χ1n) is 5.87.